The van der Waals surface area contributed by atoms with Gasteiger partial charge in [0.15, 0.2) is 0 Å². The average molecular weight is 206 g/mol. The molecule has 0 unspecified atom stereocenters. The van der Waals surface area contributed by atoms with Crippen molar-refractivity contribution in [3.05, 3.63) is 29.8 Å². The monoisotopic (exact) mass is 206 g/mol. The van der Waals surface area contributed by atoms with E-state index in [2.05, 4.69) is 17.1 Å². The van der Waals surface area contributed by atoms with Crippen LogP contribution in [0.5, 0.6) is 5.75 Å². The molecule has 15 heavy (non-hydrogen) atoms. The van der Waals surface area contributed by atoms with E-state index in [1.165, 1.54) is 0 Å². The Morgan fingerprint density at radius 3 is 3.00 bits per heavy atom. The second-order valence-electron chi connectivity index (χ2n) is 4.22. The van der Waals surface area contributed by atoms with Gasteiger partial charge < -0.3 is 10.4 Å². The summed E-state index contributed by atoms with van der Waals surface area (Å²) >= 11 is 0. The third-order valence-corrected chi connectivity index (χ3v) is 2.84. The van der Waals surface area contributed by atoms with Gasteiger partial charge in [-0.3, -0.25) is 4.90 Å². The Morgan fingerprint density at radius 2 is 2.27 bits per heavy atom. The average Bonchev–Trinajstić information content (AvgIpc) is 2.22. The van der Waals surface area contributed by atoms with Crippen LogP contribution in [0, 0.1) is 0 Å². The van der Waals surface area contributed by atoms with Gasteiger partial charge in [-0.2, -0.15) is 0 Å². The fourth-order valence-corrected chi connectivity index (χ4v) is 2.04. The molecule has 1 aliphatic rings. The number of nitrogens with one attached hydrogen (secondary N) is 1. The van der Waals surface area contributed by atoms with E-state index >= 15 is 0 Å². The van der Waals surface area contributed by atoms with Gasteiger partial charge in [0.05, 0.1) is 0 Å². The number of nitrogens with zero attached hydrogens (tertiary/aromatic N) is 1. The lowest BCUT2D eigenvalue weighted by molar-refractivity contribution is 0.198. The lowest BCUT2D eigenvalue weighted by Crippen LogP contribution is -2.48. The van der Waals surface area contributed by atoms with Crippen molar-refractivity contribution in [1.82, 2.24) is 10.2 Å². The summed E-state index contributed by atoms with van der Waals surface area (Å²) in [7, 11) is 0. The van der Waals surface area contributed by atoms with E-state index in [1.54, 1.807) is 6.07 Å². The van der Waals surface area contributed by atoms with Crippen molar-refractivity contribution >= 4 is 0 Å². The third-order valence-electron chi connectivity index (χ3n) is 2.84. The molecule has 0 aliphatic carbocycles. The molecule has 82 valence electrons. The van der Waals surface area contributed by atoms with E-state index in [0.717, 1.165) is 31.7 Å². The first-order valence-corrected chi connectivity index (χ1v) is 5.48. The molecule has 0 bridgehead atoms. The number of aromatic hydroxyl groups is 1. The molecule has 1 atom stereocenters. The van der Waals surface area contributed by atoms with E-state index in [-0.39, 0.29) is 0 Å². The van der Waals surface area contributed by atoms with E-state index < -0.39 is 0 Å². The summed E-state index contributed by atoms with van der Waals surface area (Å²) in [6, 6.07) is 8.12. The van der Waals surface area contributed by atoms with E-state index in [1.807, 2.05) is 18.2 Å². The van der Waals surface area contributed by atoms with Crippen LogP contribution in [0.3, 0.4) is 0 Å². The fourth-order valence-electron chi connectivity index (χ4n) is 2.04. The van der Waals surface area contributed by atoms with Gasteiger partial charge in [0, 0.05) is 37.8 Å². The normalized spacial score (nSPS) is 22.9. The summed E-state index contributed by atoms with van der Waals surface area (Å²) in [6.07, 6.45) is 0. The second-order valence-corrected chi connectivity index (χ2v) is 4.22. The smallest absolute Gasteiger partial charge is 0.120 e. The number of hydrogen-bond acceptors (Lipinski definition) is 3. The number of phenols is 1. The minimum Gasteiger partial charge on any atom is -0.508 e. The highest BCUT2D eigenvalue weighted by Gasteiger charge is 2.16. The van der Waals surface area contributed by atoms with Gasteiger partial charge in [-0.05, 0) is 13.0 Å². The molecule has 1 aromatic carbocycles. The molecular weight excluding hydrogens is 188 g/mol. The van der Waals surface area contributed by atoms with Crippen molar-refractivity contribution in [2.75, 3.05) is 19.6 Å². The van der Waals surface area contributed by atoms with Crippen molar-refractivity contribution in [3.63, 3.8) is 0 Å². The van der Waals surface area contributed by atoms with E-state index in [4.69, 9.17) is 0 Å². The number of benzene rings is 1. The Labute approximate surface area is 90.7 Å². The van der Waals surface area contributed by atoms with Gasteiger partial charge in [0.2, 0.25) is 0 Å². The molecule has 0 amide bonds. The molecule has 0 aromatic heterocycles. The van der Waals surface area contributed by atoms with Gasteiger partial charge in [-0.25, -0.2) is 0 Å². The first-order valence-electron chi connectivity index (χ1n) is 5.48. The Balaban J connectivity index is 1.99. The molecule has 2 N–H and O–H groups in total. The maximum Gasteiger partial charge on any atom is 0.120 e. The Morgan fingerprint density at radius 1 is 1.47 bits per heavy atom. The fraction of sp³-hybridized carbons (Fsp3) is 0.500. The zero-order chi connectivity index (χ0) is 10.7. The molecule has 2 rings (SSSR count). The Kier molecular flexibility index (Phi) is 3.23. The Bertz CT molecular complexity index is 327. The van der Waals surface area contributed by atoms with Crippen LogP contribution in [0.4, 0.5) is 0 Å². The van der Waals surface area contributed by atoms with Gasteiger partial charge in [0.25, 0.3) is 0 Å². The zero-order valence-corrected chi connectivity index (χ0v) is 9.11. The van der Waals surface area contributed by atoms with Crippen LogP contribution in [0.2, 0.25) is 0 Å². The maximum atomic E-state index is 9.66. The van der Waals surface area contributed by atoms with Crippen molar-refractivity contribution in [3.8, 4) is 5.75 Å². The number of para-hydroxylation sites is 1. The molecule has 3 nitrogen and oxygen atoms in total. The minimum absolute atomic E-state index is 0.406. The van der Waals surface area contributed by atoms with Crippen molar-refractivity contribution in [2.24, 2.45) is 0 Å². The first kappa shape index (κ1) is 10.5. The number of piperazine rings is 1. The van der Waals surface area contributed by atoms with E-state index in [9.17, 15) is 5.11 Å². The van der Waals surface area contributed by atoms with Crippen LogP contribution < -0.4 is 5.32 Å². The molecule has 1 heterocycles. The third kappa shape index (κ3) is 2.70. The summed E-state index contributed by atoms with van der Waals surface area (Å²) in [5.74, 6) is 0.406. The highest BCUT2D eigenvalue weighted by molar-refractivity contribution is 5.31. The van der Waals surface area contributed by atoms with Crippen LogP contribution >= 0.6 is 0 Å². The first-order chi connectivity index (χ1) is 7.25. The highest BCUT2D eigenvalue weighted by Crippen LogP contribution is 2.18. The molecular formula is C12H18N2O. The Hall–Kier alpha value is -1.06. The maximum absolute atomic E-state index is 9.66. The van der Waals surface area contributed by atoms with Crippen molar-refractivity contribution < 1.29 is 5.11 Å². The van der Waals surface area contributed by atoms with Gasteiger partial charge in [-0.15, -0.1) is 0 Å². The summed E-state index contributed by atoms with van der Waals surface area (Å²) in [6.45, 7) is 6.18. The molecule has 1 aliphatic heterocycles. The molecule has 1 saturated heterocycles. The van der Waals surface area contributed by atoms with Crippen molar-refractivity contribution in [1.29, 1.82) is 0 Å². The highest BCUT2D eigenvalue weighted by atomic mass is 16.3. The second kappa shape index (κ2) is 4.64. The number of rotatable bonds is 2. The van der Waals surface area contributed by atoms with Gasteiger partial charge in [-0.1, -0.05) is 18.2 Å². The van der Waals surface area contributed by atoms with Crippen molar-refractivity contribution in [2.45, 2.75) is 19.5 Å². The predicted molar refractivity (Wildman–Crippen MR) is 60.8 cm³/mol. The lowest BCUT2D eigenvalue weighted by atomic mass is 10.1. The molecule has 3 heteroatoms. The largest absolute Gasteiger partial charge is 0.508 e. The standard InChI is InChI=1S/C12H18N2O/c1-10-8-14(7-6-13-10)9-11-4-2-3-5-12(11)15/h2-5,10,13,15H,6-9H2,1H3/t10-/m1/s1. The number of hydrogen-bond donors (Lipinski definition) is 2. The number of phenolic OH excluding ortho intramolecular Hbond substituents is 1. The quantitative estimate of drug-likeness (QED) is 0.763. The molecule has 1 fully saturated rings. The van der Waals surface area contributed by atoms with Crippen LogP contribution in [-0.2, 0) is 6.54 Å². The predicted octanol–water partition coefficient (Wildman–Crippen LogP) is 1.19. The lowest BCUT2D eigenvalue weighted by Gasteiger charge is -2.31. The summed E-state index contributed by atoms with van der Waals surface area (Å²) in [5, 5.41) is 13.1. The van der Waals surface area contributed by atoms with Gasteiger partial charge in [0.1, 0.15) is 5.75 Å². The molecule has 1 aromatic rings. The van der Waals surface area contributed by atoms with Crippen LogP contribution in [-0.4, -0.2) is 35.7 Å². The molecule has 0 spiro atoms. The minimum atomic E-state index is 0.406. The molecule has 0 radical (unpaired) electrons. The van der Waals surface area contributed by atoms with Crippen LogP contribution in [0.15, 0.2) is 24.3 Å². The van der Waals surface area contributed by atoms with Crippen LogP contribution in [0.1, 0.15) is 12.5 Å². The van der Waals surface area contributed by atoms with E-state index in [0.29, 0.717) is 11.8 Å². The summed E-state index contributed by atoms with van der Waals surface area (Å²) in [4.78, 5) is 2.37. The zero-order valence-electron chi connectivity index (χ0n) is 9.11. The summed E-state index contributed by atoms with van der Waals surface area (Å²) < 4.78 is 0. The topological polar surface area (TPSA) is 35.5 Å². The van der Waals surface area contributed by atoms with Gasteiger partial charge >= 0.3 is 0 Å². The SMILES string of the molecule is C[C@@H]1CN(Cc2ccccc2O)CCN1. The summed E-state index contributed by atoms with van der Waals surface area (Å²) in [5.41, 5.74) is 1.02. The van der Waals surface area contributed by atoms with Crippen LogP contribution in [0.25, 0.3) is 0 Å². The molecule has 0 saturated carbocycles.